The molecule has 3 N–H and O–H groups in total. The summed E-state index contributed by atoms with van der Waals surface area (Å²) in [4.78, 5) is 24.0. The number of benzene rings is 2. The molecule has 0 spiro atoms. The van der Waals surface area contributed by atoms with Crippen molar-refractivity contribution in [1.29, 1.82) is 0 Å². The molecule has 1 atom stereocenters. The third-order valence-electron chi connectivity index (χ3n) is 4.08. The van der Waals surface area contributed by atoms with Gasteiger partial charge in [0, 0.05) is 19.0 Å². The van der Waals surface area contributed by atoms with E-state index in [1.54, 1.807) is 0 Å². The molecule has 0 saturated carbocycles. The molecule has 3 rings (SSSR count). The number of ether oxygens (including phenoxy) is 1. The van der Waals surface area contributed by atoms with Crippen molar-refractivity contribution in [1.82, 2.24) is 5.32 Å². The minimum atomic E-state index is -3.58. The molecular weight excluding hydrogens is 382 g/mol. The van der Waals surface area contributed by atoms with E-state index in [0.717, 1.165) is 17.6 Å². The molecule has 0 radical (unpaired) electrons. The summed E-state index contributed by atoms with van der Waals surface area (Å²) in [6.07, 6.45) is 1.47. The number of nitrogens with one attached hydrogen (secondary N) is 3. The van der Waals surface area contributed by atoms with E-state index in [1.807, 2.05) is 24.3 Å². The smallest absolute Gasteiger partial charge is 0.253 e. The molecule has 0 bridgehead atoms. The van der Waals surface area contributed by atoms with E-state index in [1.165, 1.54) is 25.1 Å². The summed E-state index contributed by atoms with van der Waals surface area (Å²) >= 11 is 0. The third kappa shape index (κ3) is 5.01. The van der Waals surface area contributed by atoms with Gasteiger partial charge in [-0.05, 0) is 29.8 Å². The first-order valence-electron chi connectivity index (χ1n) is 8.63. The molecule has 1 aliphatic rings. The number of anilines is 2. The molecule has 8 nitrogen and oxygen atoms in total. The number of fused-ring (bicyclic) bond motifs is 1. The molecule has 1 aliphatic heterocycles. The first-order chi connectivity index (χ1) is 13.2. The maximum Gasteiger partial charge on any atom is 0.253 e. The molecule has 0 saturated heterocycles. The number of amides is 2. The molecule has 9 heteroatoms. The molecule has 1 unspecified atom stereocenters. The molecule has 2 aromatic rings. The lowest BCUT2D eigenvalue weighted by Crippen LogP contribution is -2.35. The van der Waals surface area contributed by atoms with E-state index in [2.05, 4.69) is 15.4 Å². The molecular formula is C19H21N3O5S. The summed E-state index contributed by atoms with van der Waals surface area (Å²) in [5.74, 6) is 0.0269. The standard InChI is InChI=1S/C19H21N3O5S/c1-12(23)21-14-7-8-17(22-28(2,25)26)16(10-14)19(24)20-11-15-9-13-5-3-4-6-18(13)27-15/h3-8,10,15,22H,9,11H2,1-2H3,(H,20,24)(H,21,23). The van der Waals surface area contributed by atoms with E-state index < -0.39 is 15.9 Å². The fourth-order valence-corrected chi connectivity index (χ4v) is 3.55. The Morgan fingerprint density at radius 3 is 2.61 bits per heavy atom. The van der Waals surface area contributed by atoms with Gasteiger partial charge in [-0.25, -0.2) is 8.42 Å². The quantitative estimate of drug-likeness (QED) is 0.680. The Morgan fingerprint density at radius 2 is 1.93 bits per heavy atom. The first-order valence-corrected chi connectivity index (χ1v) is 10.5. The van der Waals surface area contributed by atoms with Gasteiger partial charge in [-0.3, -0.25) is 14.3 Å². The second-order valence-corrected chi connectivity index (χ2v) is 8.33. The van der Waals surface area contributed by atoms with Crippen LogP contribution in [0.15, 0.2) is 42.5 Å². The monoisotopic (exact) mass is 403 g/mol. The summed E-state index contributed by atoms with van der Waals surface area (Å²) in [7, 11) is -3.58. The maximum absolute atomic E-state index is 12.7. The van der Waals surface area contributed by atoms with Crippen LogP contribution in [0.1, 0.15) is 22.8 Å². The molecule has 1 heterocycles. The predicted octanol–water partition coefficient (Wildman–Crippen LogP) is 1.75. The Bertz CT molecular complexity index is 995. The number of hydrogen-bond donors (Lipinski definition) is 3. The van der Waals surface area contributed by atoms with Gasteiger partial charge in [-0.1, -0.05) is 18.2 Å². The fraction of sp³-hybridized carbons (Fsp3) is 0.263. The Balaban J connectivity index is 1.74. The van der Waals surface area contributed by atoms with Gasteiger partial charge in [0.1, 0.15) is 11.9 Å². The summed E-state index contributed by atoms with van der Waals surface area (Å²) in [6, 6.07) is 12.0. The van der Waals surface area contributed by atoms with Crippen LogP contribution in [0, 0.1) is 0 Å². The average Bonchev–Trinajstić information content (AvgIpc) is 3.02. The van der Waals surface area contributed by atoms with Crippen LogP contribution in [0.4, 0.5) is 11.4 Å². The fourth-order valence-electron chi connectivity index (χ4n) is 2.97. The zero-order valence-electron chi connectivity index (χ0n) is 15.5. The highest BCUT2D eigenvalue weighted by atomic mass is 32.2. The highest BCUT2D eigenvalue weighted by Gasteiger charge is 2.23. The Morgan fingerprint density at radius 1 is 1.18 bits per heavy atom. The van der Waals surface area contributed by atoms with Crippen LogP contribution in [-0.2, 0) is 21.2 Å². The molecule has 0 aliphatic carbocycles. The van der Waals surface area contributed by atoms with Gasteiger partial charge in [0.25, 0.3) is 5.91 Å². The average molecular weight is 403 g/mol. The van der Waals surface area contributed by atoms with E-state index in [0.29, 0.717) is 12.1 Å². The van der Waals surface area contributed by atoms with Gasteiger partial charge in [-0.15, -0.1) is 0 Å². The van der Waals surface area contributed by atoms with E-state index in [9.17, 15) is 18.0 Å². The number of rotatable bonds is 6. The molecule has 148 valence electrons. The van der Waals surface area contributed by atoms with Crippen LogP contribution in [0.3, 0.4) is 0 Å². The topological polar surface area (TPSA) is 114 Å². The zero-order chi connectivity index (χ0) is 20.3. The molecule has 0 fully saturated rings. The van der Waals surface area contributed by atoms with Gasteiger partial charge < -0.3 is 15.4 Å². The number of carbonyl (C=O) groups excluding carboxylic acids is 2. The van der Waals surface area contributed by atoms with Crippen molar-refractivity contribution in [2.24, 2.45) is 0 Å². The number of para-hydroxylation sites is 1. The molecule has 2 amide bonds. The molecule has 28 heavy (non-hydrogen) atoms. The summed E-state index contributed by atoms with van der Waals surface area (Å²) < 4.78 is 31.3. The van der Waals surface area contributed by atoms with Crippen LogP contribution in [0.2, 0.25) is 0 Å². The molecule has 2 aromatic carbocycles. The normalized spacial score (nSPS) is 15.3. The van der Waals surface area contributed by atoms with Gasteiger partial charge >= 0.3 is 0 Å². The van der Waals surface area contributed by atoms with Crippen molar-refractivity contribution in [3.63, 3.8) is 0 Å². The number of carbonyl (C=O) groups is 2. The third-order valence-corrected chi connectivity index (χ3v) is 4.67. The van der Waals surface area contributed by atoms with Crippen LogP contribution >= 0.6 is 0 Å². The van der Waals surface area contributed by atoms with Gasteiger partial charge in [0.2, 0.25) is 15.9 Å². The van der Waals surface area contributed by atoms with Crippen LogP contribution in [0.25, 0.3) is 0 Å². The van der Waals surface area contributed by atoms with Crippen molar-refractivity contribution in [2.75, 3.05) is 22.8 Å². The maximum atomic E-state index is 12.7. The number of hydrogen-bond acceptors (Lipinski definition) is 5. The predicted molar refractivity (Wildman–Crippen MR) is 106 cm³/mol. The van der Waals surface area contributed by atoms with Crippen molar-refractivity contribution in [3.05, 3.63) is 53.6 Å². The van der Waals surface area contributed by atoms with Crippen LogP contribution < -0.4 is 20.1 Å². The molecule has 0 aromatic heterocycles. The minimum Gasteiger partial charge on any atom is -0.488 e. The second-order valence-electron chi connectivity index (χ2n) is 6.58. The van der Waals surface area contributed by atoms with Crippen LogP contribution in [-0.4, -0.2) is 39.1 Å². The van der Waals surface area contributed by atoms with E-state index >= 15 is 0 Å². The largest absolute Gasteiger partial charge is 0.488 e. The number of sulfonamides is 1. The van der Waals surface area contributed by atoms with Gasteiger partial charge in [0.05, 0.1) is 24.1 Å². The summed E-state index contributed by atoms with van der Waals surface area (Å²) in [5.41, 5.74) is 1.70. The van der Waals surface area contributed by atoms with Crippen molar-refractivity contribution >= 4 is 33.2 Å². The lowest BCUT2D eigenvalue weighted by Gasteiger charge is -2.15. The van der Waals surface area contributed by atoms with Gasteiger partial charge in [-0.2, -0.15) is 0 Å². The summed E-state index contributed by atoms with van der Waals surface area (Å²) in [5, 5.41) is 5.35. The Kier molecular flexibility index (Phi) is 5.55. The second kappa shape index (κ2) is 7.89. The zero-order valence-corrected chi connectivity index (χ0v) is 16.3. The van der Waals surface area contributed by atoms with Crippen LogP contribution in [0.5, 0.6) is 5.75 Å². The Hall–Kier alpha value is -3.07. The minimum absolute atomic E-state index is 0.104. The summed E-state index contributed by atoms with van der Waals surface area (Å²) in [6.45, 7) is 1.60. The first kappa shape index (κ1) is 19.7. The van der Waals surface area contributed by atoms with Crippen molar-refractivity contribution in [2.45, 2.75) is 19.4 Å². The van der Waals surface area contributed by atoms with E-state index in [4.69, 9.17) is 4.74 Å². The van der Waals surface area contributed by atoms with Gasteiger partial charge in [0.15, 0.2) is 0 Å². The Labute approximate surface area is 163 Å². The SMILES string of the molecule is CC(=O)Nc1ccc(NS(C)(=O)=O)c(C(=O)NCC2Cc3ccccc3O2)c1. The highest BCUT2D eigenvalue weighted by Crippen LogP contribution is 2.28. The van der Waals surface area contributed by atoms with E-state index in [-0.39, 0.29) is 29.8 Å². The lowest BCUT2D eigenvalue weighted by atomic mass is 10.1. The highest BCUT2D eigenvalue weighted by molar-refractivity contribution is 7.92. The lowest BCUT2D eigenvalue weighted by molar-refractivity contribution is -0.114. The van der Waals surface area contributed by atoms with Crippen molar-refractivity contribution in [3.8, 4) is 5.75 Å². The van der Waals surface area contributed by atoms with Crippen molar-refractivity contribution < 1.29 is 22.7 Å².